The highest BCUT2D eigenvalue weighted by atomic mass is 32.1. The number of benzene rings is 1. The zero-order valence-corrected chi connectivity index (χ0v) is 12.4. The monoisotopic (exact) mass is 276 g/mol. The highest BCUT2D eigenvalue weighted by molar-refractivity contribution is 7.20. The van der Waals surface area contributed by atoms with Crippen LogP contribution < -0.4 is 10.6 Å². The molecular weight excluding hydrogens is 256 g/mol. The highest BCUT2D eigenvalue weighted by Gasteiger charge is 2.13. The average molecular weight is 276 g/mol. The number of amides is 1. The molecule has 0 aliphatic rings. The number of likely N-dealkylation sites (N-methyl/N-ethyl adjacent to an activating group) is 1. The van der Waals surface area contributed by atoms with Gasteiger partial charge in [-0.1, -0.05) is 19.1 Å². The van der Waals surface area contributed by atoms with E-state index in [4.69, 9.17) is 0 Å². The Bertz CT molecular complexity index is 577. The van der Waals surface area contributed by atoms with Crippen LogP contribution in [0, 0.1) is 6.92 Å². The molecule has 1 aromatic carbocycles. The van der Waals surface area contributed by atoms with Crippen LogP contribution in [0.3, 0.4) is 0 Å². The Hall–Kier alpha value is -1.39. The first-order valence-electron chi connectivity index (χ1n) is 6.62. The Labute approximate surface area is 118 Å². The van der Waals surface area contributed by atoms with E-state index in [1.807, 2.05) is 19.1 Å². The van der Waals surface area contributed by atoms with Gasteiger partial charge in [-0.2, -0.15) is 0 Å². The van der Waals surface area contributed by atoms with Gasteiger partial charge in [-0.3, -0.25) is 4.79 Å². The molecule has 0 aliphatic carbocycles. The Kier molecular flexibility index (Phi) is 4.56. The molecule has 2 N–H and O–H groups in total. The van der Waals surface area contributed by atoms with Crippen molar-refractivity contribution in [3.63, 3.8) is 0 Å². The molecule has 2 aromatic rings. The summed E-state index contributed by atoms with van der Waals surface area (Å²) in [5, 5.41) is 7.43. The second-order valence-corrected chi connectivity index (χ2v) is 5.86. The maximum absolute atomic E-state index is 12.2. The van der Waals surface area contributed by atoms with Crippen molar-refractivity contribution in [2.45, 2.75) is 26.8 Å². The van der Waals surface area contributed by atoms with Gasteiger partial charge in [0, 0.05) is 17.3 Å². The Morgan fingerprint density at radius 2 is 2.21 bits per heavy atom. The van der Waals surface area contributed by atoms with Gasteiger partial charge in [0.2, 0.25) is 0 Å². The summed E-state index contributed by atoms with van der Waals surface area (Å²) in [5.74, 6) is 0.0194. The summed E-state index contributed by atoms with van der Waals surface area (Å²) in [6, 6.07) is 8.30. The van der Waals surface area contributed by atoms with E-state index < -0.39 is 0 Å². The second-order valence-electron chi connectivity index (χ2n) is 4.78. The molecule has 1 unspecified atom stereocenters. The Morgan fingerprint density at radius 3 is 2.89 bits per heavy atom. The lowest BCUT2D eigenvalue weighted by molar-refractivity contribution is 0.0944. The molecule has 3 nitrogen and oxygen atoms in total. The quantitative estimate of drug-likeness (QED) is 0.881. The molecular formula is C15H20N2OS. The third-order valence-electron chi connectivity index (χ3n) is 3.08. The number of hydrogen-bond acceptors (Lipinski definition) is 3. The third-order valence-corrected chi connectivity index (χ3v) is 4.18. The van der Waals surface area contributed by atoms with Crippen LogP contribution in [0.25, 0.3) is 10.1 Å². The van der Waals surface area contributed by atoms with Gasteiger partial charge in [-0.15, -0.1) is 11.3 Å². The summed E-state index contributed by atoms with van der Waals surface area (Å²) in [6.45, 7) is 7.86. The number of aryl methyl sites for hydroxylation is 1. The van der Waals surface area contributed by atoms with Crippen LogP contribution in [0.1, 0.15) is 29.1 Å². The van der Waals surface area contributed by atoms with E-state index in [9.17, 15) is 4.79 Å². The molecule has 19 heavy (non-hydrogen) atoms. The van der Waals surface area contributed by atoms with Crippen LogP contribution in [-0.2, 0) is 0 Å². The summed E-state index contributed by atoms with van der Waals surface area (Å²) in [6.07, 6.45) is 0. The van der Waals surface area contributed by atoms with Gasteiger partial charge >= 0.3 is 0 Å². The molecule has 1 atom stereocenters. The zero-order valence-electron chi connectivity index (χ0n) is 11.6. The Morgan fingerprint density at radius 1 is 1.42 bits per heavy atom. The van der Waals surface area contributed by atoms with Crippen molar-refractivity contribution in [3.05, 3.63) is 34.7 Å². The van der Waals surface area contributed by atoms with E-state index in [0.29, 0.717) is 0 Å². The van der Waals surface area contributed by atoms with E-state index in [2.05, 4.69) is 36.6 Å². The fraction of sp³-hybridized carbons (Fsp3) is 0.400. The van der Waals surface area contributed by atoms with Crippen LogP contribution in [0.15, 0.2) is 24.3 Å². The van der Waals surface area contributed by atoms with E-state index in [-0.39, 0.29) is 11.9 Å². The van der Waals surface area contributed by atoms with Crippen molar-refractivity contribution in [3.8, 4) is 0 Å². The number of hydrogen-bond donors (Lipinski definition) is 2. The van der Waals surface area contributed by atoms with E-state index in [0.717, 1.165) is 18.0 Å². The molecule has 1 amide bonds. The minimum atomic E-state index is 0.0194. The Balaban J connectivity index is 2.11. The second kappa shape index (κ2) is 6.17. The van der Waals surface area contributed by atoms with Gasteiger partial charge in [0.15, 0.2) is 0 Å². The molecule has 4 heteroatoms. The van der Waals surface area contributed by atoms with Crippen molar-refractivity contribution in [1.29, 1.82) is 0 Å². The molecule has 1 heterocycles. The lowest BCUT2D eigenvalue weighted by Crippen LogP contribution is -2.39. The molecule has 102 valence electrons. The number of rotatable bonds is 5. The van der Waals surface area contributed by atoms with Crippen molar-refractivity contribution in [1.82, 2.24) is 10.6 Å². The van der Waals surface area contributed by atoms with Gasteiger partial charge in [-0.25, -0.2) is 0 Å². The van der Waals surface area contributed by atoms with E-state index in [1.54, 1.807) is 11.3 Å². The van der Waals surface area contributed by atoms with Crippen LogP contribution >= 0.6 is 11.3 Å². The average Bonchev–Trinajstić information content (AvgIpc) is 2.82. The standard InChI is InChI=1S/C15H20N2OS/c1-4-16-9-11(3)17-15(18)14-8-12-10(2)6-5-7-13(12)19-14/h5-8,11,16H,4,9H2,1-3H3,(H,17,18). The molecule has 1 aromatic heterocycles. The number of nitrogens with one attached hydrogen (secondary N) is 2. The first-order valence-corrected chi connectivity index (χ1v) is 7.44. The van der Waals surface area contributed by atoms with Crippen molar-refractivity contribution in [2.24, 2.45) is 0 Å². The number of carbonyl (C=O) groups excluding carboxylic acids is 1. The zero-order chi connectivity index (χ0) is 13.8. The van der Waals surface area contributed by atoms with E-state index in [1.165, 1.54) is 15.6 Å². The summed E-state index contributed by atoms with van der Waals surface area (Å²) in [5.41, 5.74) is 1.22. The first-order chi connectivity index (χ1) is 9.11. The smallest absolute Gasteiger partial charge is 0.261 e. The van der Waals surface area contributed by atoms with E-state index >= 15 is 0 Å². The molecule has 0 aliphatic heterocycles. The van der Waals surface area contributed by atoms with Gasteiger partial charge < -0.3 is 10.6 Å². The predicted molar refractivity (Wildman–Crippen MR) is 82.0 cm³/mol. The molecule has 0 radical (unpaired) electrons. The van der Waals surface area contributed by atoms with Gasteiger partial charge in [0.1, 0.15) is 0 Å². The van der Waals surface area contributed by atoms with Crippen LogP contribution in [0.5, 0.6) is 0 Å². The normalized spacial score (nSPS) is 12.6. The summed E-state index contributed by atoms with van der Waals surface area (Å²) in [7, 11) is 0. The van der Waals surface area contributed by atoms with Crippen LogP contribution in [0.2, 0.25) is 0 Å². The predicted octanol–water partition coefficient (Wildman–Crippen LogP) is 2.94. The lowest BCUT2D eigenvalue weighted by atomic mass is 10.1. The maximum Gasteiger partial charge on any atom is 0.261 e. The molecule has 2 rings (SSSR count). The van der Waals surface area contributed by atoms with Gasteiger partial charge in [0.05, 0.1) is 4.88 Å². The van der Waals surface area contributed by atoms with Gasteiger partial charge in [-0.05, 0) is 43.5 Å². The molecule has 0 saturated carbocycles. The minimum absolute atomic E-state index is 0.0194. The fourth-order valence-electron chi connectivity index (χ4n) is 2.03. The summed E-state index contributed by atoms with van der Waals surface area (Å²) in [4.78, 5) is 13.0. The lowest BCUT2D eigenvalue weighted by Gasteiger charge is -2.13. The molecule has 0 saturated heterocycles. The first kappa shape index (κ1) is 14.0. The van der Waals surface area contributed by atoms with Crippen molar-refractivity contribution in [2.75, 3.05) is 13.1 Å². The fourth-order valence-corrected chi connectivity index (χ4v) is 3.07. The maximum atomic E-state index is 12.2. The highest BCUT2D eigenvalue weighted by Crippen LogP contribution is 2.27. The number of carbonyl (C=O) groups is 1. The summed E-state index contributed by atoms with van der Waals surface area (Å²) >= 11 is 1.55. The van der Waals surface area contributed by atoms with Gasteiger partial charge in [0.25, 0.3) is 5.91 Å². The molecule has 0 fully saturated rings. The SMILES string of the molecule is CCNCC(C)NC(=O)c1cc2c(C)cccc2s1. The van der Waals surface area contributed by atoms with Crippen molar-refractivity contribution >= 4 is 27.3 Å². The molecule has 0 bridgehead atoms. The number of fused-ring (bicyclic) bond motifs is 1. The van der Waals surface area contributed by atoms with Crippen LogP contribution in [0.4, 0.5) is 0 Å². The number of thiophene rings is 1. The summed E-state index contributed by atoms with van der Waals surface area (Å²) < 4.78 is 1.17. The largest absolute Gasteiger partial charge is 0.348 e. The minimum Gasteiger partial charge on any atom is -0.348 e. The van der Waals surface area contributed by atoms with Crippen LogP contribution in [-0.4, -0.2) is 25.0 Å². The molecule has 0 spiro atoms. The van der Waals surface area contributed by atoms with Crippen molar-refractivity contribution < 1.29 is 4.79 Å². The third kappa shape index (κ3) is 3.33. The topological polar surface area (TPSA) is 41.1 Å².